The summed E-state index contributed by atoms with van der Waals surface area (Å²) in [5.41, 5.74) is 0. The van der Waals surface area contributed by atoms with Crippen molar-refractivity contribution < 1.29 is 9.47 Å². The van der Waals surface area contributed by atoms with Crippen LogP contribution in [0.15, 0.2) is 0 Å². The second-order valence-electron chi connectivity index (χ2n) is 2.77. The molecule has 0 fully saturated rings. The Hall–Kier alpha value is -0.120. The standard InChI is InChI=1S/C9H21NO2/c1-6-11-8(3)10(5)9(4)12-7-2/h8-9H,6-7H2,1-5H3. The van der Waals surface area contributed by atoms with E-state index in [1.807, 2.05) is 34.7 Å². The van der Waals surface area contributed by atoms with Gasteiger partial charge in [-0.15, -0.1) is 0 Å². The highest BCUT2D eigenvalue weighted by atomic mass is 16.5. The Morgan fingerprint density at radius 3 is 1.58 bits per heavy atom. The molecule has 0 saturated heterocycles. The lowest BCUT2D eigenvalue weighted by Crippen LogP contribution is -2.40. The zero-order chi connectivity index (χ0) is 9.56. The molecule has 0 aromatic heterocycles. The predicted octanol–water partition coefficient (Wildman–Crippen LogP) is 1.68. The highest BCUT2D eigenvalue weighted by Crippen LogP contribution is 2.04. The first-order valence-corrected chi connectivity index (χ1v) is 4.58. The van der Waals surface area contributed by atoms with E-state index in [4.69, 9.17) is 9.47 Å². The van der Waals surface area contributed by atoms with Gasteiger partial charge in [-0.05, 0) is 34.7 Å². The van der Waals surface area contributed by atoms with Crippen LogP contribution < -0.4 is 0 Å². The molecule has 0 radical (unpaired) electrons. The molecule has 0 heterocycles. The van der Waals surface area contributed by atoms with Gasteiger partial charge in [0, 0.05) is 13.2 Å². The van der Waals surface area contributed by atoms with Gasteiger partial charge in [-0.1, -0.05) is 0 Å². The minimum Gasteiger partial charge on any atom is -0.364 e. The monoisotopic (exact) mass is 175 g/mol. The number of ether oxygens (including phenoxy) is 2. The van der Waals surface area contributed by atoms with Gasteiger partial charge in [0.1, 0.15) is 12.5 Å². The zero-order valence-corrected chi connectivity index (χ0v) is 8.83. The molecule has 0 aliphatic heterocycles. The SMILES string of the molecule is CCOC(C)N(C)C(C)OCC. The van der Waals surface area contributed by atoms with Crippen LogP contribution in [0.3, 0.4) is 0 Å². The Morgan fingerprint density at radius 2 is 1.33 bits per heavy atom. The van der Waals surface area contributed by atoms with E-state index >= 15 is 0 Å². The summed E-state index contributed by atoms with van der Waals surface area (Å²) in [7, 11) is 2.00. The van der Waals surface area contributed by atoms with Crippen molar-refractivity contribution in [3.8, 4) is 0 Å². The summed E-state index contributed by atoms with van der Waals surface area (Å²) in [5.74, 6) is 0. The van der Waals surface area contributed by atoms with Crippen molar-refractivity contribution in [2.45, 2.75) is 40.2 Å². The summed E-state index contributed by atoms with van der Waals surface area (Å²) in [6, 6.07) is 0. The summed E-state index contributed by atoms with van der Waals surface area (Å²) in [5, 5.41) is 0. The van der Waals surface area contributed by atoms with Gasteiger partial charge in [0.05, 0.1) is 0 Å². The quantitative estimate of drug-likeness (QED) is 0.573. The lowest BCUT2D eigenvalue weighted by atomic mass is 10.5. The third-order valence-corrected chi connectivity index (χ3v) is 1.96. The van der Waals surface area contributed by atoms with Crippen LogP contribution in [0.4, 0.5) is 0 Å². The second-order valence-corrected chi connectivity index (χ2v) is 2.77. The molecule has 0 aliphatic carbocycles. The van der Waals surface area contributed by atoms with E-state index in [-0.39, 0.29) is 12.5 Å². The fourth-order valence-electron chi connectivity index (χ4n) is 1.01. The maximum absolute atomic E-state index is 5.42. The molecule has 74 valence electrons. The first-order valence-electron chi connectivity index (χ1n) is 4.58. The average molecular weight is 175 g/mol. The van der Waals surface area contributed by atoms with Crippen LogP contribution in [-0.2, 0) is 9.47 Å². The molecular formula is C9H21NO2. The van der Waals surface area contributed by atoms with Crippen molar-refractivity contribution in [2.75, 3.05) is 20.3 Å². The van der Waals surface area contributed by atoms with Crippen molar-refractivity contribution in [1.29, 1.82) is 0 Å². The molecule has 0 amide bonds. The van der Waals surface area contributed by atoms with E-state index in [0.29, 0.717) is 0 Å². The predicted molar refractivity (Wildman–Crippen MR) is 49.9 cm³/mol. The first-order chi connectivity index (χ1) is 5.63. The Bertz CT molecular complexity index is 96.7. The van der Waals surface area contributed by atoms with E-state index in [2.05, 4.69) is 4.90 Å². The third-order valence-electron chi connectivity index (χ3n) is 1.96. The molecule has 2 unspecified atom stereocenters. The summed E-state index contributed by atoms with van der Waals surface area (Å²) in [6.45, 7) is 9.53. The van der Waals surface area contributed by atoms with Gasteiger partial charge in [-0.3, -0.25) is 4.90 Å². The molecule has 0 rings (SSSR count). The molecule has 0 spiro atoms. The molecule has 2 atom stereocenters. The Morgan fingerprint density at radius 1 is 1.00 bits per heavy atom. The number of hydrogen-bond acceptors (Lipinski definition) is 3. The van der Waals surface area contributed by atoms with Gasteiger partial charge in [-0.25, -0.2) is 0 Å². The van der Waals surface area contributed by atoms with E-state index in [0.717, 1.165) is 13.2 Å². The van der Waals surface area contributed by atoms with Gasteiger partial charge in [0.2, 0.25) is 0 Å². The Kier molecular flexibility index (Phi) is 6.34. The summed E-state index contributed by atoms with van der Waals surface area (Å²) < 4.78 is 10.8. The van der Waals surface area contributed by atoms with Crippen LogP contribution in [-0.4, -0.2) is 37.6 Å². The van der Waals surface area contributed by atoms with Crippen molar-refractivity contribution >= 4 is 0 Å². The maximum Gasteiger partial charge on any atom is 0.109 e. The molecule has 12 heavy (non-hydrogen) atoms. The highest BCUT2D eigenvalue weighted by molar-refractivity contribution is 4.54. The van der Waals surface area contributed by atoms with Crippen LogP contribution in [0.2, 0.25) is 0 Å². The highest BCUT2D eigenvalue weighted by Gasteiger charge is 2.14. The molecule has 3 heteroatoms. The summed E-state index contributed by atoms with van der Waals surface area (Å²) >= 11 is 0. The number of rotatable bonds is 6. The van der Waals surface area contributed by atoms with Crippen molar-refractivity contribution in [3.63, 3.8) is 0 Å². The van der Waals surface area contributed by atoms with E-state index < -0.39 is 0 Å². The maximum atomic E-state index is 5.42. The molecule has 0 aromatic rings. The second kappa shape index (κ2) is 6.40. The fourth-order valence-corrected chi connectivity index (χ4v) is 1.01. The largest absolute Gasteiger partial charge is 0.364 e. The van der Waals surface area contributed by atoms with Crippen LogP contribution >= 0.6 is 0 Å². The van der Waals surface area contributed by atoms with Gasteiger partial charge in [-0.2, -0.15) is 0 Å². The number of hydrogen-bond donors (Lipinski definition) is 0. The molecule has 0 N–H and O–H groups in total. The van der Waals surface area contributed by atoms with Gasteiger partial charge >= 0.3 is 0 Å². The van der Waals surface area contributed by atoms with Crippen LogP contribution in [0.1, 0.15) is 27.7 Å². The minimum absolute atomic E-state index is 0.122. The van der Waals surface area contributed by atoms with Crippen molar-refractivity contribution in [2.24, 2.45) is 0 Å². The van der Waals surface area contributed by atoms with Crippen molar-refractivity contribution in [1.82, 2.24) is 4.90 Å². The zero-order valence-electron chi connectivity index (χ0n) is 8.83. The topological polar surface area (TPSA) is 21.7 Å². The first kappa shape index (κ1) is 11.9. The molecule has 0 aromatic carbocycles. The Labute approximate surface area is 75.6 Å². The van der Waals surface area contributed by atoms with Crippen LogP contribution in [0, 0.1) is 0 Å². The van der Waals surface area contributed by atoms with Crippen molar-refractivity contribution in [3.05, 3.63) is 0 Å². The lowest BCUT2D eigenvalue weighted by molar-refractivity contribution is -0.123. The summed E-state index contributed by atoms with van der Waals surface area (Å²) in [6.07, 6.45) is 0.244. The lowest BCUT2D eigenvalue weighted by Gasteiger charge is -2.29. The fraction of sp³-hybridized carbons (Fsp3) is 1.00. The molecule has 0 saturated carbocycles. The van der Waals surface area contributed by atoms with Crippen LogP contribution in [0.25, 0.3) is 0 Å². The van der Waals surface area contributed by atoms with E-state index in [1.54, 1.807) is 0 Å². The van der Waals surface area contributed by atoms with Gasteiger partial charge in [0.25, 0.3) is 0 Å². The summed E-state index contributed by atoms with van der Waals surface area (Å²) in [4.78, 5) is 2.06. The normalized spacial score (nSPS) is 16.5. The molecule has 0 aliphatic rings. The molecular weight excluding hydrogens is 154 g/mol. The Balaban J connectivity index is 3.73. The number of nitrogens with zero attached hydrogens (tertiary/aromatic N) is 1. The van der Waals surface area contributed by atoms with Crippen LogP contribution in [0.5, 0.6) is 0 Å². The van der Waals surface area contributed by atoms with Gasteiger partial charge in [0.15, 0.2) is 0 Å². The third kappa shape index (κ3) is 4.04. The van der Waals surface area contributed by atoms with E-state index in [1.165, 1.54) is 0 Å². The molecule has 0 bridgehead atoms. The molecule has 3 nitrogen and oxygen atoms in total. The smallest absolute Gasteiger partial charge is 0.109 e. The average Bonchev–Trinajstić information content (AvgIpc) is 2.04. The minimum atomic E-state index is 0.122. The van der Waals surface area contributed by atoms with Gasteiger partial charge < -0.3 is 9.47 Å². The van der Waals surface area contributed by atoms with E-state index in [9.17, 15) is 0 Å².